The fourth-order valence-electron chi connectivity index (χ4n) is 2.62. The number of aromatic nitrogens is 1. The number of alkyl halides is 1. The van der Waals surface area contributed by atoms with E-state index < -0.39 is 0 Å². The lowest BCUT2D eigenvalue weighted by atomic mass is 9.94. The molecule has 2 rings (SSSR count). The highest BCUT2D eigenvalue weighted by Gasteiger charge is 2.20. The van der Waals surface area contributed by atoms with Crippen LogP contribution in [0.25, 0.3) is 0 Å². The van der Waals surface area contributed by atoms with Crippen LogP contribution in [0.3, 0.4) is 0 Å². The molecule has 1 aliphatic carbocycles. The standard InChI is InChI=1S/C15H20ClNO2/c1-11(7-9-16)8-10-17-13-3-2-4-14(18)12(13)5-6-15(17)19/h5-6,11H,2-4,7-10H2,1H3. The van der Waals surface area contributed by atoms with Crippen LogP contribution >= 0.6 is 11.6 Å². The second-order valence-electron chi connectivity index (χ2n) is 5.33. The highest BCUT2D eigenvalue weighted by molar-refractivity contribution is 6.17. The van der Waals surface area contributed by atoms with Crippen LogP contribution in [0, 0.1) is 5.92 Å². The molecule has 0 radical (unpaired) electrons. The maximum absolute atomic E-state index is 12.0. The van der Waals surface area contributed by atoms with Gasteiger partial charge < -0.3 is 4.57 Å². The van der Waals surface area contributed by atoms with Crippen molar-refractivity contribution in [2.24, 2.45) is 5.92 Å². The Labute approximate surface area is 118 Å². The second-order valence-corrected chi connectivity index (χ2v) is 5.71. The van der Waals surface area contributed by atoms with Gasteiger partial charge in [0.1, 0.15) is 0 Å². The van der Waals surface area contributed by atoms with E-state index in [0.29, 0.717) is 24.8 Å². The number of pyridine rings is 1. The fourth-order valence-corrected chi connectivity index (χ4v) is 2.99. The van der Waals surface area contributed by atoms with Crippen molar-refractivity contribution in [3.8, 4) is 0 Å². The molecule has 0 aliphatic heterocycles. The Hall–Kier alpha value is -1.09. The van der Waals surface area contributed by atoms with Crippen LogP contribution in [-0.2, 0) is 13.0 Å². The molecule has 1 aromatic rings. The molecule has 1 aromatic heterocycles. The van der Waals surface area contributed by atoms with Crippen LogP contribution in [0.1, 0.15) is 48.7 Å². The smallest absolute Gasteiger partial charge is 0.250 e. The first kappa shape index (κ1) is 14.3. The van der Waals surface area contributed by atoms with Gasteiger partial charge >= 0.3 is 0 Å². The first-order valence-corrected chi connectivity index (χ1v) is 7.49. The third kappa shape index (κ3) is 3.27. The summed E-state index contributed by atoms with van der Waals surface area (Å²) in [6.07, 6.45) is 4.18. The van der Waals surface area contributed by atoms with Gasteiger partial charge in [-0.1, -0.05) is 6.92 Å². The summed E-state index contributed by atoms with van der Waals surface area (Å²) in [5.74, 6) is 1.32. The molecular weight excluding hydrogens is 262 g/mol. The molecule has 0 fully saturated rings. The van der Waals surface area contributed by atoms with Gasteiger partial charge in [-0.05, 0) is 37.7 Å². The summed E-state index contributed by atoms with van der Waals surface area (Å²) in [6.45, 7) is 2.83. The van der Waals surface area contributed by atoms with E-state index in [4.69, 9.17) is 11.6 Å². The zero-order valence-electron chi connectivity index (χ0n) is 11.3. The minimum absolute atomic E-state index is 0.00604. The van der Waals surface area contributed by atoms with E-state index >= 15 is 0 Å². The van der Waals surface area contributed by atoms with Gasteiger partial charge in [-0.3, -0.25) is 9.59 Å². The van der Waals surface area contributed by atoms with Gasteiger partial charge in [0.2, 0.25) is 0 Å². The van der Waals surface area contributed by atoms with Crippen molar-refractivity contribution in [2.45, 2.75) is 45.6 Å². The molecule has 1 unspecified atom stereocenters. The molecule has 4 heteroatoms. The summed E-state index contributed by atoms with van der Waals surface area (Å²) in [4.78, 5) is 23.9. The molecule has 0 amide bonds. The summed E-state index contributed by atoms with van der Waals surface area (Å²) in [5.41, 5.74) is 1.68. The summed E-state index contributed by atoms with van der Waals surface area (Å²) < 4.78 is 1.79. The number of carbonyl (C=O) groups excluding carboxylic acids is 1. The molecule has 19 heavy (non-hydrogen) atoms. The Morgan fingerprint density at radius 1 is 1.26 bits per heavy atom. The third-order valence-electron chi connectivity index (χ3n) is 3.86. The maximum Gasteiger partial charge on any atom is 0.250 e. The van der Waals surface area contributed by atoms with Crippen molar-refractivity contribution in [3.63, 3.8) is 0 Å². The zero-order chi connectivity index (χ0) is 13.8. The molecule has 0 N–H and O–H groups in total. The molecule has 0 saturated heterocycles. The normalized spacial score (nSPS) is 16.2. The molecule has 3 nitrogen and oxygen atoms in total. The van der Waals surface area contributed by atoms with Gasteiger partial charge in [0, 0.05) is 36.2 Å². The van der Waals surface area contributed by atoms with Crippen LogP contribution in [-0.4, -0.2) is 16.2 Å². The van der Waals surface area contributed by atoms with Crippen molar-refractivity contribution in [3.05, 3.63) is 33.7 Å². The van der Waals surface area contributed by atoms with Crippen molar-refractivity contribution >= 4 is 17.4 Å². The number of hydrogen-bond donors (Lipinski definition) is 0. The highest BCUT2D eigenvalue weighted by Crippen LogP contribution is 2.20. The number of Topliss-reactive ketones (excluding diaryl/α,β-unsaturated/α-hetero) is 1. The van der Waals surface area contributed by atoms with E-state index in [1.165, 1.54) is 6.07 Å². The van der Waals surface area contributed by atoms with E-state index in [1.807, 2.05) is 0 Å². The summed E-state index contributed by atoms with van der Waals surface area (Å²) >= 11 is 5.73. The number of fused-ring (bicyclic) bond motifs is 1. The molecule has 0 bridgehead atoms. The van der Waals surface area contributed by atoms with E-state index in [-0.39, 0.29) is 11.3 Å². The lowest BCUT2D eigenvalue weighted by molar-refractivity contribution is 0.0970. The van der Waals surface area contributed by atoms with Crippen LogP contribution < -0.4 is 5.56 Å². The summed E-state index contributed by atoms with van der Waals surface area (Å²) in [7, 11) is 0. The number of ketones is 1. The Balaban J connectivity index is 2.22. The number of carbonyl (C=O) groups is 1. The SMILES string of the molecule is CC(CCCl)CCn1c2c(ccc1=O)C(=O)CCC2. The molecule has 0 spiro atoms. The summed E-state index contributed by atoms with van der Waals surface area (Å²) in [6, 6.07) is 3.21. The number of halogens is 1. The lowest BCUT2D eigenvalue weighted by Crippen LogP contribution is -2.28. The Bertz CT molecular complexity index is 521. The minimum Gasteiger partial charge on any atom is -0.312 e. The predicted molar refractivity (Wildman–Crippen MR) is 77.1 cm³/mol. The molecule has 1 aliphatic rings. The molecule has 104 valence electrons. The third-order valence-corrected chi connectivity index (χ3v) is 4.08. The van der Waals surface area contributed by atoms with Gasteiger partial charge in [-0.25, -0.2) is 0 Å². The van der Waals surface area contributed by atoms with Crippen molar-refractivity contribution in [1.82, 2.24) is 4.57 Å². The first-order valence-electron chi connectivity index (χ1n) is 6.95. The predicted octanol–water partition coefficient (Wildman–Crippen LogP) is 3.02. The minimum atomic E-state index is 0.00604. The molecular formula is C15H20ClNO2. The Kier molecular flexibility index (Phi) is 4.81. The largest absolute Gasteiger partial charge is 0.312 e. The maximum atomic E-state index is 12.0. The molecule has 0 saturated carbocycles. The highest BCUT2D eigenvalue weighted by atomic mass is 35.5. The average Bonchev–Trinajstić information content (AvgIpc) is 2.38. The van der Waals surface area contributed by atoms with Crippen molar-refractivity contribution in [1.29, 1.82) is 0 Å². The van der Waals surface area contributed by atoms with Crippen LogP contribution in [0.2, 0.25) is 0 Å². The van der Waals surface area contributed by atoms with Crippen molar-refractivity contribution < 1.29 is 4.79 Å². The number of rotatable bonds is 5. The van der Waals surface area contributed by atoms with Crippen LogP contribution in [0.5, 0.6) is 0 Å². The monoisotopic (exact) mass is 281 g/mol. The quantitative estimate of drug-likeness (QED) is 0.778. The van der Waals surface area contributed by atoms with Gasteiger partial charge in [0.15, 0.2) is 5.78 Å². The van der Waals surface area contributed by atoms with Crippen molar-refractivity contribution in [2.75, 3.05) is 5.88 Å². The van der Waals surface area contributed by atoms with E-state index in [1.54, 1.807) is 10.6 Å². The molecule has 1 heterocycles. The lowest BCUT2D eigenvalue weighted by Gasteiger charge is -2.21. The Morgan fingerprint density at radius 3 is 2.79 bits per heavy atom. The Morgan fingerprint density at radius 2 is 2.05 bits per heavy atom. The van der Waals surface area contributed by atoms with Gasteiger partial charge in [0.25, 0.3) is 5.56 Å². The number of hydrogen-bond acceptors (Lipinski definition) is 2. The zero-order valence-corrected chi connectivity index (χ0v) is 12.1. The fraction of sp³-hybridized carbons (Fsp3) is 0.600. The van der Waals surface area contributed by atoms with Gasteiger partial charge in [0.05, 0.1) is 0 Å². The van der Waals surface area contributed by atoms with Crippen LogP contribution in [0.4, 0.5) is 0 Å². The average molecular weight is 282 g/mol. The van der Waals surface area contributed by atoms with E-state index in [0.717, 1.165) is 36.9 Å². The van der Waals surface area contributed by atoms with Crippen LogP contribution in [0.15, 0.2) is 16.9 Å². The van der Waals surface area contributed by atoms with E-state index in [9.17, 15) is 9.59 Å². The first-order chi connectivity index (χ1) is 9.13. The van der Waals surface area contributed by atoms with Gasteiger partial charge in [-0.2, -0.15) is 0 Å². The number of nitrogens with zero attached hydrogens (tertiary/aromatic N) is 1. The van der Waals surface area contributed by atoms with Gasteiger partial charge in [-0.15, -0.1) is 11.6 Å². The molecule has 0 aromatic carbocycles. The second kappa shape index (κ2) is 6.38. The summed E-state index contributed by atoms with van der Waals surface area (Å²) in [5, 5.41) is 0. The topological polar surface area (TPSA) is 39.1 Å². The molecule has 1 atom stereocenters. The van der Waals surface area contributed by atoms with E-state index in [2.05, 4.69) is 6.92 Å².